The Kier molecular flexibility index (Phi) is 5.51. The molecule has 7 nitrogen and oxygen atoms in total. The number of aryl methyl sites for hydroxylation is 1. The van der Waals surface area contributed by atoms with Crippen LogP contribution in [0.15, 0.2) is 77.3 Å². The molecule has 1 atom stereocenters. The number of para-hydroxylation sites is 1. The summed E-state index contributed by atoms with van der Waals surface area (Å²) in [6, 6.07) is 26.0. The zero-order valence-corrected chi connectivity index (χ0v) is 19.9. The van der Waals surface area contributed by atoms with Crippen LogP contribution in [0.25, 0.3) is 11.3 Å². The van der Waals surface area contributed by atoms with E-state index in [4.69, 9.17) is 4.52 Å². The first-order chi connectivity index (χ1) is 17.6. The minimum Gasteiger partial charge on any atom is -0.368 e. The SMILES string of the molecule is Cc1cc(-c2ccc(N3CCN(C4c5ccccc5NC(=O)c5ccccc54)CC3)c(C#N)c2)on1. The summed E-state index contributed by atoms with van der Waals surface area (Å²) in [6.45, 7) is 5.03. The number of hydrogen-bond acceptors (Lipinski definition) is 6. The Morgan fingerprint density at radius 2 is 1.72 bits per heavy atom. The Morgan fingerprint density at radius 1 is 0.972 bits per heavy atom. The smallest absolute Gasteiger partial charge is 0.256 e. The summed E-state index contributed by atoms with van der Waals surface area (Å²) in [5.74, 6) is 0.592. The summed E-state index contributed by atoms with van der Waals surface area (Å²) in [5, 5.41) is 16.9. The molecule has 2 aliphatic heterocycles. The first-order valence-electron chi connectivity index (χ1n) is 12.1. The van der Waals surface area contributed by atoms with Crippen LogP contribution in [-0.2, 0) is 0 Å². The van der Waals surface area contributed by atoms with Crippen molar-refractivity contribution in [1.29, 1.82) is 5.26 Å². The van der Waals surface area contributed by atoms with Gasteiger partial charge in [-0.3, -0.25) is 9.69 Å². The number of nitrogens with zero attached hydrogens (tertiary/aromatic N) is 4. The highest BCUT2D eigenvalue weighted by Crippen LogP contribution is 2.39. The van der Waals surface area contributed by atoms with Crippen LogP contribution >= 0.6 is 0 Å². The highest BCUT2D eigenvalue weighted by atomic mass is 16.5. The topological polar surface area (TPSA) is 85.4 Å². The highest BCUT2D eigenvalue weighted by Gasteiger charge is 2.33. The normalized spacial score (nSPS) is 17.5. The molecule has 1 aromatic heterocycles. The average molecular weight is 476 g/mol. The van der Waals surface area contributed by atoms with Crippen molar-refractivity contribution in [1.82, 2.24) is 10.1 Å². The number of rotatable bonds is 3. The Hall–Kier alpha value is -4.41. The summed E-state index contributed by atoms with van der Waals surface area (Å²) in [7, 11) is 0. The fourth-order valence-corrected chi connectivity index (χ4v) is 5.32. The van der Waals surface area contributed by atoms with Gasteiger partial charge in [0.2, 0.25) is 0 Å². The first kappa shape index (κ1) is 22.1. The van der Waals surface area contributed by atoms with Crippen molar-refractivity contribution in [3.63, 3.8) is 0 Å². The van der Waals surface area contributed by atoms with Gasteiger partial charge in [0.25, 0.3) is 5.91 Å². The molecule has 0 spiro atoms. The second-order valence-corrected chi connectivity index (χ2v) is 9.23. The van der Waals surface area contributed by atoms with E-state index in [0.717, 1.165) is 59.9 Å². The fourth-order valence-electron chi connectivity index (χ4n) is 5.32. The molecule has 0 radical (unpaired) electrons. The van der Waals surface area contributed by atoms with Crippen molar-refractivity contribution in [2.45, 2.75) is 13.0 Å². The van der Waals surface area contributed by atoms with Gasteiger partial charge in [-0.25, -0.2) is 0 Å². The van der Waals surface area contributed by atoms with Gasteiger partial charge < -0.3 is 14.7 Å². The quantitative estimate of drug-likeness (QED) is 0.449. The molecule has 1 amide bonds. The number of aromatic nitrogens is 1. The van der Waals surface area contributed by atoms with E-state index in [1.807, 2.05) is 67.6 Å². The minimum atomic E-state index is -0.0695. The van der Waals surface area contributed by atoms with E-state index in [9.17, 15) is 10.1 Å². The molecule has 1 unspecified atom stereocenters. The molecule has 0 bridgehead atoms. The summed E-state index contributed by atoms with van der Waals surface area (Å²) in [4.78, 5) is 17.7. The minimum absolute atomic E-state index is 0.0222. The van der Waals surface area contributed by atoms with Gasteiger partial charge in [0, 0.05) is 49.1 Å². The van der Waals surface area contributed by atoms with Gasteiger partial charge in [-0.1, -0.05) is 41.6 Å². The summed E-state index contributed by atoms with van der Waals surface area (Å²) in [6.07, 6.45) is 0. The Balaban J connectivity index is 1.28. The van der Waals surface area contributed by atoms with Crippen molar-refractivity contribution in [3.05, 3.63) is 101 Å². The molecule has 0 saturated carbocycles. The summed E-state index contributed by atoms with van der Waals surface area (Å²) in [5.41, 5.74) is 6.90. The van der Waals surface area contributed by atoms with Crippen LogP contribution in [0.5, 0.6) is 0 Å². The van der Waals surface area contributed by atoms with Crippen molar-refractivity contribution >= 4 is 17.3 Å². The van der Waals surface area contributed by atoms with Gasteiger partial charge in [0.05, 0.1) is 23.0 Å². The Morgan fingerprint density at radius 3 is 2.47 bits per heavy atom. The van der Waals surface area contributed by atoms with E-state index in [0.29, 0.717) is 16.9 Å². The van der Waals surface area contributed by atoms with Crippen molar-refractivity contribution in [3.8, 4) is 17.4 Å². The third-order valence-corrected chi connectivity index (χ3v) is 7.05. The Labute approximate surface area is 209 Å². The molecule has 36 heavy (non-hydrogen) atoms. The number of benzene rings is 3. The van der Waals surface area contributed by atoms with Crippen LogP contribution in [-0.4, -0.2) is 42.1 Å². The first-order valence-corrected chi connectivity index (χ1v) is 12.1. The van der Waals surface area contributed by atoms with Crippen LogP contribution in [0.2, 0.25) is 0 Å². The lowest BCUT2D eigenvalue weighted by atomic mass is 9.93. The number of fused-ring (bicyclic) bond motifs is 2. The monoisotopic (exact) mass is 475 g/mol. The molecular formula is C29H25N5O2. The molecule has 3 aromatic carbocycles. The van der Waals surface area contributed by atoms with Crippen LogP contribution in [0, 0.1) is 18.3 Å². The fraction of sp³-hybridized carbons (Fsp3) is 0.207. The van der Waals surface area contributed by atoms with Gasteiger partial charge in [-0.15, -0.1) is 0 Å². The van der Waals surface area contributed by atoms with Crippen molar-refractivity contribution in [2.75, 3.05) is 36.4 Å². The lowest BCUT2D eigenvalue weighted by molar-refractivity contribution is 0.102. The molecule has 4 aromatic rings. The maximum atomic E-state index is 13.0. The average Bonchev–Trinajstić information content (AvgIpc) is 3.31. The third-order valence-electron chi connectivity index (χ3n) is 7.05. The van der Waals surface area contributed by atoms with Gasteiger partial charge in [-0.2, -0.15) is 5.26 Å². The number of carbonyl (C=O) groups is 1. The molecule has 178 valence electrons. The summed E-state index contributed by atoms with van der Waals surface area (Å²) >= 11 is 0. The lowest BCUT2D eigenvalue weighted by Crippen LogP contribution is -2.48. The number of amides is 1. The van der Waals surface area contributed by atoms with Crippen LogP contribution in [0.3, 0.4) is 0 Å². The van der Waals surface area contributed by atoms with E-state index in [-0.39, 0.29) is 11.9 Å². The largest absolute Gasteiger partial charge is 0.368 e. The molecule has 0 aliphatic carbocycles. The molecule has 1 fully saturated rings. The second-order valence-electron chi connectivity index (χ2n) is 9.23. The lowest BCUT2D eigenvalue weighted by Gasteiger charge is -2.41. The predicted molar refractivity (Wildman–Crippen MR) is 138 cm³/mol. The van der Waals surface area contributed by atoms with Gasteiger partial charge >= 0.3 is 0 Å². The van der Waals surface area contributed by atoms with Crippen LogP contribution < -0.4 is 10.2 Å². The molecule has 3 heterocycles. The molecule has 1 saturated heterocycles. The number of hydrogen-bond donors (Lipinski definition) is 1. The molecule has 7 heteroatoms. The van der Waals surface area contributed by atoms with Crippen molar-refractivity contribution < 1.29 is 9.32 Å². The third kappa shape index (κ3) is 3.82. The van der Waals surface area contributed by atoms with E-state index < -0.39 is 0 Å². The predicted octanol–water partition coefficient (Wildman–Crippen LogP) is 5.00. The van der Waals surface area contributed by atoms with E-state index in [2.05, 4.69) is 38.5 Å². The number of nitriles is 1. The molecule has 1 N–H and O–H groups in total. The van der Waals surface area contributed by atoms with Gasteiger partial charge in [0.1, 0.15) is 6.07 Å². The number of anilines is 2. The van der Waals surface area contributed by atoms with Gasteiger partial charge in [-0.05, 0) is 48.4 Å². The van der Waals surface area contributed by atoms with Crippen molar-refractivity contribution in [2.24, 2.45) is 0 Å². The zero-order valence-electron chi connectivity index (χ0n) is 19.9. The number of carbonyl (C=O) groups excluding carboxylic acids is 1. The maximum Gasteiger partial charge on any atom is 0.256 e. The summed E-state index contributed by atoms with van der Waals surface area (Å²) < 4.78 is 5.38. The number of piperazine rings is 1. The maximum absolute atomic E-state index is 13.0. The van der Waals surface area contributed by atoms with E-state index >= 15 is 0 Å². The molecular weight excluding hydrogens is 450 g/mol. The van der Waals surface area contributed by atoms with Crippen LogP contribution in [0.4, 0.5) is 11.4 Å². The van der Waals surface area contributed by atoms with E-state index in [1.165, 1.54) is 0 Å². The second kappa shape index (κ2) is 8.99. The molecule has 6 rings (SSSR count). The standard InChI is InChI=1S/C29H25N5O2/c1-19-16-27(36-32-19)20-10-11-26(21(17-20)18-30)33-12-14-34(15-13-33)28-22-6-2-3-7-23(22)29(35)31-25-9-5-4-8-24(25)28/h2-11,16-17,28H,12-15H2,1H3,(H,31,35). The highest BCUT2D eigenvalue weighted by molar-refractivity contribution is 6.07. The number of nitrogens with one attached hydrogen (secondary N) is 1. The van der Waals surface area contributed by atoms with Crippen LogP contribution in [0.1, 0.15) is 38.8 Å². The molecule has 2 aliphatic rings. The zero-order chi connectivity index (χ0) is 24.6. The van der Waals surface area contributed by atoms with Gasteiger partial charge in [0.15, 0.2) is 5.76 Å². The Bertz CT molecular complexity index is 1490. The van der Waals surface area contributed by atoms with E-state index in [1.54, 1.807) is 0 Å².